The van der Waals surface area contributed by atoms with E-state index in [1.54, 1.807) is 83.0 Å². The first-order valence-electron chi connectivity index (χ1n) is 20.5. The maximum absolute atomic E-state index is 11.7. The Bertz CT molecular complexity index is 2070. The molecule has 4 rings (SSSR count). The van der Waals surface area contributed by atoms with E-state index in [1.807, 2.05) is 50.3 Å². The molecule has 0 aliphatic rings. The third kappa shape index (κ3) is 18.9. The number of rotatable bonds is 20. The number of hydrogen-bond acceptors (Lipinski definition) is 12. The van der Waals surface area contributed by atoms with Crippen molar-refractivity contribution in [2.75, 3.05) is 78.2 Å². The van der Waals surface area contributed by atoms with Crippen LogP contribution in [-0.2, 0) is 12.8 Å². The second-order valence-corrected chi connectivity index (χ2v) is 62.7. The summed E-state index contributed by atoms with van der Waals surface area (Å²) in [4.78, 5) is 11.7. The monoisotopic (exact) mass is 1360 g/mol. The second kappa shape index (κ2) is 32.7. The number of ether oxygens (including phenoxy) is 11. The summed E-state index contributed by atoms with van der Waals surface area (Å²) >= 11 is 7.42. The molecule has 0 heterocycles. The summed E-state index contributed by atoms with van der Waals surface area (Å²) in [6, 6.07) is 15.1. The van der Waals surface area contributed by atoms with E-state index in [2.05, 4.69) is 81.8 Å². The van der Waals surface area contributed by atoms with E-state index in [-0.39, 0.29) is 13.7 Å². The Morgan fingerprint density at radius 1 is 0.523 bits per heavy atom. The van der Waals surface area contributed by atoms with Crippen LogP contribution in [-0.4, -0.2) is 84.0 Å². The Balaban J connectivity index is 0.000000507. The van der Waals surface area contributed by atoms with Crippen LogP contribution < -0.4 is 52.1 Å². The minimum atomic E-state index is -0.353. The second-order valence-electron chi connectivity index (χ2n) is 14.0. The van der Waals surface area contributed by atoms with Crippen LogP contribution >= 0.6 is 63.7 Å². The quantitative estimate of drug-likeness (QED) is 0.0619. The number of carbonyl (C=O) groups excluding carboxylic acids is 1. The molecule has 0 saturated carbocycles. The molecule has 12 nitrogen and oxygen atoms in total. The average Bonchev–Trinajstić information content (AvgIpc) is 3.32. The summed E-state index contributed by atoms with van der Waals surface area (Å²) < 4.78 is 58.8. The number of aryl methyl sites for hydroxylation is 1. The Morgan fingerprint density at radius 3 is 1.32 bits per heavy atom. The zero-order valence-corrected chi connectivity index (χ0v) is 49.3. The number of Topliss-reactive ketones (excluding diaryl/α,β-unsaturated/α-hetero) is 1. The first-order chi connectivity index (χ1) is 31.1. The van der Waals surface area contributed by atoms with Crippen molar-refractivity contribution in [2.45, 2.75) is 60.3 Å². The van der Waals surface area contributed by atoms with E-state index in [1.165, 1.54) is 19.8 Å². The van der Waals surface area contributed by atoms with Crippen molar-refractivity contribution in [1.29, 1.82) is 0 Å². The first kappa shape index (κ1) is 60.0. The standard InChI is InChI=1S/C25H36O5.C12H16O4.C12H16O3.I4/c1-9-18(12-20-13-21(26-4)17(3)11-22(20)27-5)16(2)10-19-14-24(29-7)25(30-8)15-23(19)28-6;1-5-9(13)8-6-11(15-3)12(16-4)7-10(8)14-2;1-5-6-9-7-11(14-3)12(15-4)8-10(9)13-2;1-4(2)3/h11,13-16,18H,9-10,12H2,1-8H3;6-7H,5H2,1-4H3;5-8H,1-4H3;/b;;6-5+;. The molecular weight excluding hydrogens is 1290 g/mol. The van der Waals surface area contributed by atoms with E-state index in [0.29, 0.717) is 58.3 Å². The van der Waals surface area contributed by atoms with Gasteiger partial charge in [0, 0.05) is 30.2 Å². The molecule has 0 amide bonds. The van der Waals surface area contributed by atoms with Gasteiger partial charge in [0.1, 0.15) is 28.7 Å². The van der Waals surface area contributed by atoms with Crippen molar-refractivity contribution in [3.8, 4) is 63.2 Å². The molecule has 0 saturated heterocycles. The Labute approximate surface area is 424 Å². The van der Waals surface area contributed by atoms with Crippen LogP contribution in [0.25, 0.3) is 6.08 Å². The van der Waals surface area contributed by atoms with Crippen molar-refractivity contribution in [2.24, 2.45) is 11.8 Å². The van der Waals surface area contributed by atoms with E-state index < -0.39 is 0 Å². The van der Waals surface area contributed by atoms with Crippen LogP contribution in [0.3, 0.4) is 0 Å². The van der Waals surface area contributed by atoms with Crippen LogP contribution in [0.5, 0.6) is 63.2 Å². The average molecular weight is 1360 g/mol. The topological polar surface area (TPSA) is 119 Å². The number of allylic oxidation sites excluding steroid dienone is 1. The molecule has 2 unspecified atom stereocenters. The molecule has 65 heavy (non-hydrogen) atoms. The third-order valence-electron chi connectivity index (χ3n) is 10.3. The molecule has 0 aliphatic heterocycles. The zero-order chi connectivity index (χ0) is 49.2. The number of halogens is 4. The molecule has 16 heteroatoms. The fourth-order valence-corrected chi connectivity index (χ4v) is 6.87. The maximum atomic E-state index is 11.7. The van der Waals surface area contributed by atoms with Gasteiger partial charge in [0.15, 0.2) is 40.3 Å². The van der Waals surface area contributed by atoms with Gasteiger partial charge in [-0.1, -0.05) is 39.3 Å². The van der Waals surface area contributed by atoms with Gasteiger partial charge in [-0.05, 0) is 85.5 Å². The van der Waals surface area contributed by atoms with Gasteiger partial charge in [-0.3, -0.25) is 4.79 Å². The number of carbonyl (C=O) groups is 1. The molecule has 364 valence electrons. The van der Waals surface area contributed by atoms with Gasteiger partial charge in [-0.2, -0.15) is 0 Å². The zero-order valence-electron chi connectivity index (χ0n) is 40.7. The van der Waals surface area contributed by atoms with Gasteiger partial charge in [-0.25, -0.2) is 0 Å². The predicted molar refractivity (Wildman–Crippen MR) is 298 cm³/mol. The van der Waals surface area contributed by atoms with E-state index >= 15 is 0 Å². The fourth-order valence-electron chi connectivity index (χ4n) is 6.87. The minimum absolute atomic E-state index is 0.0119. The van der Waals surface area contributed by atoms with E-state index in [4.69, 9.17) is 52.1 Å². The van der Waals surface area contributed by atoms with Crippen LogP contribution in [0.15, 0.2) is 54.6 Å². The molecule has 4 aromatic rings. The molecule has 0 spiro atoms. The summed E-state index contributed by atoms with van der Waals surface area (Å²) in [5, 5.41) is 0. The molecular formula is C49H68I4O12. The summed E-state index contributed by atoms with van der Waals surface area (Å²) in [6.45, 7) is 10.3. The van der Waals surface area contributed by atoms with Crippen molar-refractivity contribution >= 4 is 75.6 Å². The third-order valence-corrected chi connectivity index (χ3v) is 10.3. The fraction of sp³-hybridized carbons (Fsp3) is 0.449. The summed E-state index contributed by atoms with van der Waals surface area (Å²) in [6.07, 6.45) is 7.20. The van der Waals surface area contributed by atoms with Gasteiger partial charge >= 0.3 is 63.7 Å². The van der Waals surface area contributed by atoms with Crippen molar-refractivity contribution in [1.82, 2.24) is 0 Å². The van der Waals surface area contributed by atoms with Crippen LogP contribution in [0, 0.1) is 18.8 Å². The summed E-state index contributed by atoms with van der Waals surface area (Å²) in [7, 11) is 17.5. The Hall–Kier alpha value is -2.99. The van der Waals surface area contributed by atoms with Crippen molar-refractivity contribution in [3.63, 3.8) is 0 Å². The molecule has 0 bridgehead atoms. The number of methoxy groups -OCH3 is 11. The normalized spacial score (nSPS) is 11.4. The number of hydrogen-bond donors (Lipinski definition) is 0. The van der Waals surface area contributed by atoms with Gasteiger partial charge in [-0.15, -0.1) is 0 Å². The van der Waals surface area contributed by atoms with Gasteiger partial charge < -0.3 is 52.1 Å². The SMILES string of the molecule is C/C=C/c1cc(OC)c(OC)cc1OC.CCC(=O)c1cc(OC)c(OC)cc1OC.CCC(Cc1cc(OC)c(C)cc1OC)C(C)Cc1cc(OC)c(OC)cc1OC.II(I)I. The molecule has 0 aliphatic carbocycles. The van der Waals surface area contributed by atoms with E-state index in [0.717, 1.165) is 64.7 Å². The molecule has 0 fully saturated rings. The first-order valence-corrected chi connectivity index (χ1v) is 39.4. The van der Waals surface area contributed by atoms with Crippen LogP contribution in [0.1, 0.15) is 73.1 Å². The van der Waals surface area contributed by atoms with Crippen LogP contribution in [0.2, 0.25) is 0 Å². The van der Waals surface area contributed by atoms with Crippen molar-refractivity contribution in [3.05, 3.63) is 82.4 Å². The molecule has 2 atom stereocenters. The Kier molecular flexibility index (Phi) is 30.2. The van der Waals surface area contributed by atoms with Gasteiger partial charge in [0.2, 0.25) is 0 Å². The molecule has 0 radical (unpaired) electrons. The Morgan fingerprint density at radius 2 is 0.892 bits per heavy atom. The molecule has 4 aromatic carbocycles. The number of ketones is 1. The summed E-state index contributed by atoms with van der Waals surface area (Å²) in [5.41, 5.74) is 4.86. The van der Waals surface area contributed by atoms with Gasteiger partial charge in [0.05, 0.1) is 83.8 Å². The number of benzene rings is 4. The molecule has 0 N–H and O–H groups in total. The predicted octanol–water partition coefficient (Wildman–Crippen LogP) is 14.1. The van der Waals surface area contributed by atoms with Crippen molar-refractivity contribution < 1.29 is 56.9 Å². The van der Waals surface area contributed by atoms with Gasteiger partial charge in [0.25, 0.3) is 0 Å². The van der Waals surface area contributed by atoms with Crippen LogP contribution in [0.4, 0.5) is 0 Å². The molecule has 0 aromatic heterocycles. The summed E-state index contributed by atoms with van der Waals surface area (Å²) in [5.74, 6) is 8.67. The van der Waals surface area contributed by atoms with E-state index in [9.17, 15) is 4.79 Å².